The van der Waals surface area contributed by atoms with E-state index in [1.807, 2.05) is 24.3 Å². The fraction of sp³-hybridized carbons (Fsp3) is 0.375. The highest BCUT2D eigenvalue weighted by Gasteiger charge is 2.24. The molecule has 106 valence electrons. The third kappa shape index (κ3) is 2.59. The molecule has 1 N–H and O–H groups in total. The van der Waals surface area contributed by atoms with Gasteiger partial charge in [0.2, 0.25) is 0 Å². The number of hydrogen-bond donors (Lipinski definition) is 1. The number of rotatable bonds is 3. The molecule has 0 aliphatic rings. The van der Waals surface area contributed by atoms with Gasteiger partial charge < -0.3 is 5.11 Å². The zero-order valence-electron chi connectivity index (χ0n) is 12.3. The Hall–Kier alpha value is -2.10. The second-order valence-corrected chi connectivity index (χ2v) is 5.86. The van der Waals surface area contributed by atoms with Crippen LogP contribution in [0.2, 0.25) is 0 Å². The number of aryl methyl sites for hydroxylation is 1. The van der Waals surface area contributed by atoms with E-state index >= 15 is 0 Å². The molecular formula is C16H20N2O2. The molecule has 1 aromatic heterocycles. The molecule has 0 fully saturated rings. The first-order chi connectivity index (χ1) is 9.34. The monoisotopic (exact) mass is 272 g/mol. The zero-order chi connectivity index (χ0) is 14.9. The molecule has 1 aromatic carbocycles. The number of carbonyl (C=O) groups is 1. The lowest BCUT2D eigenvalue weighted by Gasteiger charge is -2.21. The van der Waals surface area contributed by atoms with Crippen molar-refractivity contribution in [3.8, 4) is 5.69 Å². The summed E-state index contributed by atoms with van der Waals surface area (Å²) in [6.45, 7) is 8.25. The van der Waals surface area contributed by atoms with E-state index in [0.29, 0.717) is 0 Å². The van der Waals surface area contributed by atoms with Crippen molar-refractivity contribution < 1.29 is 9.90 Å². The quantitative estimate of drug-likeness (QED) is 0.931. The summed E-state index contributed by atoms with van der Waals surface area (Å²) in [5.74, 6) is -0.997. The van der Waals surface area contributed by atoms with Gasteiger partial charge >= 0.3 is 5.97 Å². The molecule has 0 bridgehead atoms. The molecule has 0 radical (unpaired) electrons. The Labute approximate surface area is 119 Å². The van der Waals surface area contributed by atoms with Crippen molar-refractivity contribution in [2.75, 3.05) is 0 Å². The van der Waals surface area contributed by atoms with Gasteiger partial charge in [-0.2, -0.15) is 5.10 Å². The van der Waals surface area contributed by atoms with Gasteiger partial charge in [0.15, 0.2) is 5.69 Å². The van der Waals surface area contributed by atoms with Crippen LogP contribution >= 0.6 is 0 Å². The maximum absolute atomic E-state index is 11.2. The van der Waals surface area contributed by atoms with Crippen LogP contribution in [-0.2, 0) is 11.8 Å². The first-order valence-corrected chi connectivity index (χ1v) is 6.76. The number of aromatic carboxylic acids is 1. The van der Waals surface area contributed by atoms with E-state index in [-0.39, 0.29) is 11.1 Å². The smallest absolute Gasteiger partial charge is 0.356 e. The van der Waals surface area contributed by atoms with Crippen LogP contribution in [0.5, 0.6) is 0 Å². The van der Waals surface area contributed by atoms with Gasteiger partial charge in [0.25, 0.3) is 0 Å². The predicted octanol–water partition coefficient (Wildman–Crippen LogP) is 3.43. The molecule has 0 saturated heterocycles. The standard InChI is InChI=1S/C16H20N2O2/c1-5-11-8-6-7-9-13(11)18-14(16(2,3)4)10-12(17-18)15(19)20/h6-10H,5H2,1-4H3,(H,19,20). The highest BCUT2D eigenvalue weighted by atomic mass is 16.4. The highest BCUT2D eigenvalue weighted by Crippen LogP contribution is 2.27. The number of hydrogen-bond acceptors (Lipinski definition) is 2. The summed E-state index contributed by atoms with van der Waals surface area (Å²) in [6.07, 6.45) is 0.877. The predicted molar refractivity (Wildman–Crippen MR) is 78.6 cm³/mol. The Kier molecular flexibility index (Phi) is 3.66. The molecule has 0 aliphatic heterocycles. The van der Waals surface area contributed by atoms with Gasteiger partial charge in [-0.15, -0.1) is 0 Å². The summed E-state index contributed by atoms with van der Waals surface area (Å²) in [7, 11) is 0. The van der Waals surface area contributed by atoms with Crippen LogP contribution in [0.25, 0.3) is 5.69 Å². The fourth-order valence-electron chi connectivity index (χ4n) is 2.22. The summed E-state index contributed by atoms with van der Waals surface area (Å²) in [5, 5.41) is 13.5. The molecule has 1 heterocycles. The first kappa shape index (κ1) is 14.3. The number of para-hydroxylation sites is 1. The summed E-state index contributed by atoms with van der Waals surface area (Å²) in [4.78, 5) is 11.2. The van der Waals surface area contributed by atoms with E-state index in [2.05, 4.69) is 32.8 Å². The van der Waals surface area contributed by atoms with Crippen LogP contribution in [0.15, 0.2) is 30.3 Å². The van der Waals surface area contributed by atoms with Gasteiger partial charge in [-0.1, -0.05) is 45.9 Å². The molecule has 0 atom stereocenters. The first-order valence-electron chi connectivity index (χ1n) is 6.76. The second kappa shape index (κ2) is 5.12. The van der Waals surface area contributed by atoms with Crippen molar-refractivity contribution in [3.05, 3.63) is 47.3 Å². The van der Waals surface area contributed by atoms with E-state index in [4.69, 9.17) is 0 Å². The minimum atomic E-state index is -0.997. The number of nitrogens with zero attached hydrogens (tertiary/aromatic N) is 2. The van der Waals surface area contributed by atoms with Gasteiger partial charge in [0, 0.05) is 5.41 Å². The SMILES string of the molecule is CCc1ccccc1-n1nc(C(=O)O)cc1C(C)(C)C. The Bertz CT molecular complexity index is 636. The molecule has 4 nitrogen and oxygen atoms in total. The molecule has 2 aromatic rings. The van der Waals surface area contributed by atoms with Crippen molar-refractivity contribution in [1.29, 1.82) is 0 Å². The molecule has 0 amide bonds. The Morgan fingerprint density at radius 2 is 1.95 bits per heavy atom. The Morgan fingerprint density at radius 3 is 2.50 bits per heavy atom. The lowest BCUT2D eigenvalue weighted by Crippen LogP contribution is -2.18. The molecule has 0 spiro atoms. The third-order valence-corrected chi connectivity index (χ3v) is 3.30. The third-order valence-electron chi connectivity index (χ3n) is 3.30. The number of benzene rings is 1. The molecule has 4 heteroatoms. The van der Waals surface area contributed by atoms with E-state index in [0.717, 1.165) is 23.4 Å². The molecule has 2 rings (SSSR count). The summed E-state index contributed by atoms with van der Waals surface area (Å²) >= 11 is 0. The van der Waals surface area contributed by atoms with Gasteiger partial charge in [-0.05, 0) is 24.1 Å². The average molecular weight is 272 g/mol. The number of carboxylic acids is 1. The molecular weight excluding hydrogens is 252 g/mol. The molecule has 0 aliphatic carbocycles. The van der Waals surface area contributed by atoms with Gasteiger partial charge in [0.05, 0.1) is 11.4 Å². The lowest BCUT2D eigenvalue weighted by molar-refractivity contribution is 0.0690. The molecule has 20 heavy (non-hydrogen) atoms. The number of carboxylic acid groups (broad SMARTS) is 1. The van der Waals surface area contributed by atoms with Crippen LogP contribution < -0.4 is 0 Å². The van der Waals surface area contributed by atoms with Gasteiger partial charge in [0.1, 0.15) is 0 Å². The van der Waals surface area contributed by atoms with Crippen LogP contribution in [0.4, 0.5) is 0 Å². The Balaban J connectivity index is 2.69. The van der Waals surface area contributed by atoms with Crippen molar-refractivity contribution in [3.63, 3.8) is 0 Å². The summed E-state index contributed by atoms with van der Waals surface area (Å²) in [5.41, 5.74) is 2.91. The summed E-state index contributed by atoms with van der Waals surface area (Å²) in [6, 6.07) is 9.62. The van der Waals surface area contributed by atoms with Crippen molar-refractivity contribution >= 4 is 5.97 Å². The second-order valence-electron chi connectivity index (χ2n) is 5.86. The highest BCUT2D eigenvalue weighted by molar-refractivity contribution is 5.85. The minimum absolute atomic E-state index is 0.0841. The van der Waals surface area contributed by atoms with Crippen LogP contribution in [0.1, 0.15) is 49.4 Å². The van der Waals surface area contributed by atoms with Crippen molar-refractivity contribution in [2.24, 2.45) is 0 Å². The fourth-order valence-corrected chi connectivity index (χ4v) is 2.22. The van der Waals surface area contributed by atoms with E-state index in [1.54, 1.807) is 10.7 Å². The molecule has 0 unspecified atom stereocenters. The maximum Gasteiger partial charge on any atom is 0.356 e. The number of aromatic nitrogens is 2. The maximum atomic E-state index is 11.2. The zero-order valence-corrected chi connectivity index (χ0v) is 12.3. The van der Waals surface area contributed by atoms with Gasteiger partial charge in [-0.25, -0.2) is 9.48 Å². The van der Waals surface area contributed by atoms with E-state index < -0.39 is 5.97 Å². The Morgan fingerprint density at radius 1 is 1.30 bits per heavy atom. The normalized spacial score (nSPS) is 11.6. The van der Waals surface area contributed by atoms with E-state index in [9.17, 15) is 9.90 Å². The average Bonchev–Trinajstić information content (AvgIpc) is 2.83. The van der Waals surface area contributed by atoms with Crippen LogP contribution in [0, 0.1) is 0 Å². The van der Waals surface area contributed by atoms with E-state index in [1.165, 1.54) is 0 Å². The van der Waals surface area contributed by atoms with Crippen LogP contribution in [0.3, 0.4) is 0 Å². The topological polar surface area (TPSA) is 55.1 Å². The van der Waals surface area contributed by atoms with Crippen molar-refractivity contribution in [2.45, 2.75) is 39.5 Å². The van der Waals surface area contributed by atoms with Gasteiger partial charge in [-0.3, -0.25) is 0 Å². The minimum Gasteiger partial charge on any atom is -0.476 e. The largest absolute Gasteiger partial charge is 0.476 e. The molecule has 0 saturated carbocycles. The summed E-state index contributed by atoms with van der Waals surface area (Å²) < 4.78 is 1.77. The van der Waals surface area contributed by atoms with Crippen LogP contribution in [-0.4, -0.2) is 20.9 Å². The lowest BCUT2D eigenvalue weighted by atomic mass is 9.91. The van der Waals surface area contributed by atoms with Crippen molar-refractivity contribution in [1.82, 2.24) is 9.78 Å².